The highest BCUT2D eigenvalue weighted by molar-refractivity contribution is 9.10. The van der Waals surface area contributed by atoms with Crippen LogP contribution in [0.2, 0.25) is 0 Å². The van der Waals surface area contributed by atoms with E-state index in [4.69, 9.17) is 19.2 Å². The smallest absolute Gasteiger partial charge is 0.266 e. The molecule has 1 heterocycles. The number of hydrogen-bond acceptors (Lipinski definition) is 7. The summed E-state index contributed by atoms with van der Waals surface area (Å²) in [5, 5.41) is 3.40. The molecule has 8 nitrogen and oxygen atoms in total. The highest BCUT2D eigenvalue weighted by Crippen LogP contribution is 2.38. The number of ether oxygens (including phenoxy) is 3. The lowest BCUT2D eigenvalue weighted by atomic mass is 10.2. The van der Waals surface area contributed by atoms with E-state index in [0.29, 0.717) is 51.5 Å². The molecule has 1 aliphatic rings. The Morgan fingerprint density at radius 3 is 2.55 bits per heavy atom. The van der Waals surface area contributed by atoms with Gasteiger partial charge in [-0.15, -0.1) is 0 Å². The molecule has 3 aromatic carbocycles. The van der Waals surface area contributed by atoms with Gasteiger partial charge in [0.2, 0.25) is 0 Å². The van der Waals surface area contributed by atoms with Crippen molar-refractivity contribution in [3.05, 3.63) is 87.2 Å². The first-order chi connectivity index (χ1) is 19.4. The zero-order valence-corrected chi connectivity index (χ0v) is 24.9. The number of methoxy groups -OCH3 is 1. The summed E-state index contributed by atoms with van der Waals surface area (Å²) >= 11 is 4.88. The molecule has 1 aliphatic heterocycles. The molecule has 3 aromatic rings. The van der Waals surface area contributed by atoms with Gasteiger partial charge in [0, 0.05) is 16.8 Å². The number of rotatable bonds is 11. The van der Waals surface area contributed by atoms with E-state index in [0.717, 1.165) is 16.8 Å². The maximum absolute atomic E-state index is 13.4. The molecule has 0 aliphatic carbocycles. The Balaban J connectivity index is 1.52. The second-order valence-electron chi connectivity index (χ2n) is 8.72. The summed E-state index contributed by atoms with van der Waals surface area (Å²) < 4.78 is 17.5. The summed E-state index contributed by atoms with van der Waals surface area (Å²) in [5.74, 6) is 0.377. The summed E-state index contributed by atoms with van der Waals surface area (Å²) in [4.78, 5) is 32.6. The molecule has 0 bridgehead atoms. The minimum absolute atomic E-state index is 0.154. The SMILES string of the molecule is CCOCCN1C(=O)/C(=C/c2cc(OC)c(OCC(=O)Nc3ccc(C)cc3)cc2Br)SC1=Nc1ccccc1. The molecule has 0 unspecified atom stereocenters. The van der Waals surface area contributed by atoms with E-state index in [2.05, 4.69) is 21.2 Å². The fourth-order valence-corrected chi connectivity index (χ4v) is 5.21. The van der Waals surface area contributed by atoms with Gasteiger partial charge in [0.1, 0.15) is 0 Å². The molecule has 1 saturated heterocycles. The number of amides is 2. The number of anilines is 1. The van der Waals surface area contributed by atoms with E-state index in [9.17, 15) is 9.59 Å². The van der Waals surface area contributed by atoms with Gasteiger partial charge in [-0.05, 0) is 73.6 Å². The van der Waals surface area contributed by atoms with E-state index in [-0.39, 0.29) is 18.4 Å². The topological polar surface area (TPSA) is 89.5 Å². The Morgan fingerprint density at radius 2 is 1.85 bits per heavy atom. The van der Waals surface area contributed by atoms with Crippen molar-refractivity contribution in [3.8, 4) is 11.5 Å². The first-order valence-electron chi connectivity index (χ1n) is 12.7. The van der Waals surface area contributed by atoms with E-state index in [1.54, 1.807) is 23.1 Å². The summed E-state index contributed by atoms with van der Waals surface area (Å²) in [5.41, 5.74) is 3.28. The molecule has 1 N–H and O–H groups in total. The predicted molar refractivity (Wildman–Crippen MR) is 163 cm³/mol. The van der Waals surface area contributed by atoms with Gasteiger partial charge < -0.3 is 19.5 Å². The third kappa shape index (κ3) is 7.74. The standard InChI is InChI=1S/C30H30BrN3O5S/c1-4-38-15-14-34-29(36)27(40-30(34)33-22-8-6-5-7-9-22)17-21-16-25(37-3)26(18-24(21)31)39-19-28(35)32-23-12-10-20(2)11-13-23/h5-13,16-18H,4,14-15,19H2,1-3H3,(H,32,35)/b27-17-,33-30?. The van der Waals surface area contributed by atoms with Crippen LogP contribution >= 0.6 is 27.7 Å². The Morgan fingerprint density at radius 1 is 1.10 bits per heavy atom. The van der Waals surface area contributed by atoms with Crippen LogP contribution in [0.4, 0.5) is 11.4 Å². The maximum Gasteiger partial charge on any atom is 0.266 e. The Labute approximate surface area is 246 Å². The second kappa shape index (κ2) is 14.2. The minimum Gasteiger partial charge on any atom is -0.493 e. The van der Waals surface area contributed by atoms with Gasteiger partial charge in [-0.2, -0.15) is 0 Å². The quantitative estimate of drug-likeness (QED) is 0.196. The fourth-order valence-electron chi connectivity index (χ4n) is 3.75. The number of nitrogens with one attached hydrogen (secondary N) is 1. The normalized spacial score (nSPS) is 15.1. The van der Waals surface area contributed by atoms with Crippen LogP contribution in [0.1, 0.15) is 18.1 Å². The average Bonchev–Trinajstić information content (AvgIpc) is 3.24. The third-order valence-electron chi connectivity index (χ3n) is 5.80. The van der Waals surface area contributed by atoms with Gasteiger partial charge in [-0.1, -0.05) is 51.8 Å². The second-order valence-corrected chi connectivity index (χ2v) is 10.6. The van der Waals surface area contributed by atoms with Crippen molar-refractivity contribution < 1.29 is 23.8 Å². The third-order valence-corrected chi connectivity index (χ3v) is 7.49. The zero-order chi connectivity index (χ0) is 28.5. The molecule has 2 amide bonds. The predicted octanol–water partition coefficient (Wildman–Crippen LogP) is 6.42. The summed E-state index contributed by atoms with van der Waals surface area (Å²) in [6.07, 6.45) is 1.79. The number of carbonyl (C=O) groups is 2. The van der Waals surface area contributed by atoms with Gasteiger partial charge in [-0.3, -0.25) is 14.5 Å². The highest BCUT2D eigenvalue weighted by atomic mass is 79.9. The fraction of sp³-hybridized carbons (Fsp3) is 0.233. The Kier molecular flexibility index (Phi) is 10.4. The molecule has 40 heavy (non-hydrogen) atoms. The number of nitrogens with zero attached hydrogens (tertiary/aromatic N) is 2. The number of carbonyl (C=O) groups excluding carboxylic acids is 2. The van der Waals surface area contributed by atoms with Gasteiger partial charge in [-0.25, -0.2) is 4.99 Å². The maximum atomic E-state index is 13.4. The molecule has 4 rings (SSSR count). The van der Waals surface area contributed by atoms with Crippen molar-refractivity contribution in [2.24, 2.45) is 4.99 Å². The van der Waals surface area contributed by atoms with E-state index in [1.807, 2.05) is 68.4 Å². The lowest BCUT2D eigenvalue weighted by Crippen LogP contribution is -2.32. The van der Waals surface area contributed by atoms with Crippen molar-refractivity contribution >= 4 is 62.1 Å². The largest absolute Gasteiger partial charge is 0.493 e. The molecule has 10 heteroatoms. The highest BCUT2D eigenvalue weighted by Gasteiger charge is 2.33. The van der Waals surface area contributed by atoms with Gasteiger partial charge >= 0.3 is 0 Å². The lowest BCUT2D eigenvalue weighted by molar-refractivity contribution is -0.122. The monoisotopic (exact) mass is 623 g/mol. The van der Waals surface area contributed by atoms with Crippen LogP contribution in [-0.4, -0.2) is 55.4 Å². The number of halogens is 1. The molecule has 1 fully saturated rings. The number of aryl methyl sites for hydroxylation is 1. The molecule has 208 valence electrons. The van der Waals surface area contributed by atoms with Gasteiger partial charge in [0.05, 0.1) is 30.9 Å². The molecule has 0 radical (unpaired) electrons. The van der Waals surface area contributed by atoms with E-state index < -0.39 is 0 Å². The van der Waals surface area contributed by atoms with Crippen LogP contribution in [0.3, 0.4) is 0 Å². The first kappa shape index (κ1) is 29.4. The zero-order valence-electron chi connectivity index (χ0n) is 22.5. The summed E-state index contributed by atoms with van der Waals surface area (Å²) in [7, 11) is 1.52. The number of hydrogen-bond donors (Lipinski definition) is 1. The molecule has 0 spiro atoms. The summed E-state index contributed by atoms with van der Waals surface area (Å²) in [6, 6.07) is 20.5. The first-order valence-corrected chi connectivity index (χ1v) is 14.3. The molecule has 0 saturated carbocycles. The summed E-state index contributed by atoms with van der Waals surface area (Å²) in [6.45, 7) is 5.07. The van der Waals surface area contributed by atoms with E-state index >= 15 is 0 Å². The number of aliphatic imine (C=N–C) groups is 1. The average molecular weight is 625 g/mol. The molecular weight excluding hydrogens is 594 g/mol. The van der Waals surface area contributed by atoms with Gasteiger partial charge in [0.15, 0.2) is 23.3 Å². The van der Waals surface area contributed by atoms with Crippen molar-refractivity contribution in [1.82, 2.24) is 4.90 Å². The van der Waals surface area contributed by atoms with Crippen molar-refractivity contribution in [2.75, 3.05) is 38.8 Å². The van der Waals surface area contributed by atoms with Crippen LogP contribution in [0, 0.1) is 6.92 Å². The Bertz CT molecular complexity index is 1410. The van der Waals surface area contributed by atoms with E-state index in [1.165, 1.54) is 18.9 Å². The number of thioether (sulfide) groups is 1. The van der Waals surface area contributed by atoms with Crippen LogP contribution in [0.25, 0.3) is 6.08 Å². The van der Waals surface area contributed by atoms with Crippen LogP contribution in [0.15, 0.2) is 81.1 Å². The molecular formula is C30H30BrN3O5S. The Hall–Kier alpha value is -3.60. The lowest BCUT2D eigenvalue weighted by Gasteiger charge is -2.15. The van der Waals surface area contributed by atoms with Crippen molar-refractivity contribution in [3.63, 3.8) is 0 Å². The molecule has 0 aromatic heterocycles. The van der Waals surface area contributed by atoms with Crippen molar-refractivity contribution in [2.45, 2.75) is 13.8 Å². The van der Waals surface area contributed by atoms with Gasteiger partial charge in [0.25, 0.3) is 11.8 Å². The van der Waals surface area contributed by atoms with Crippen LogP contribution < -0.4 is 14.8 Å². The molecule has 0 atom stereocenters. The minimum atomic E-state index is -0.293. The van der Waals surface area contributed by atoms with Crippen molar-refractivity contribution in [1.29, 1.82) is 0 Å². The number of amidine groups is 1. The van der Waals surface area contributed by atoms with Crippen LogP contribution in [-0.2, 0) is 14.3 Å². The van der Waals surface area contributed by atoms with Crippen LogP contribution in [0.5, 0.6) is 11.5 Å². The number of benzene rings is 3. The number of para-hydroxylation sites is 1.